The van der Waals surface area contributed by atoms with Crippen LogP contribution in [0, 0.1) is 5.92 Å². The molecule has 1 saturated heterocycles. The first kappa shape index (κ1) is 26.6. The van der Waals surface area contributed by atoms with E-state index in [2.05, 4.69) is 24.8 Å². The highest BCUT2D eigenvalue weighted by atomic mass is 16.3. The van der Waals surface area contributed by atoms with Gasteiger partial charge in [-0.3, -0.25) is 14.5 Å². The molecule has 4 N–H and O–H groups in total. The van der Waals surface area contributed by atoms with E-state index >= 15 is 0 Å². The van der Waals surface area contributed by atoms with Gasteiger partial charge in [0.2, 0.25) is 5.91 Å². The van der Waals surface area contributed by atoms with Crippen LogP contribution in [0.3, 0.4) is 0 Å². The molecule has 3 rings (SSSR count). The number of amides is 2. The molecule has 1 aromatic rings. The van der Waals surface area contributed by atoms with Gasteiger partial charge in [-0.25, -0.2) is 0 Å². The molecule has 0 radical (unpaired) electrons. The largest absolute Gasteiger partial charge is 0.393 e. The summed E-state index contributed by atoms with van der Waals surface area (Å²) in [6, 6.07) is 8.43. The van der Waals surface area contributed by atoms with Crippen LogP contribution in [-0.4, -0.2) is 76.3 Å². The first-order valence-corrected chi connectivity index (χ1v) is 13.0. The molecule has 3 unspecified atom stereocenters. The maximum Gasteiger partial charge on any atom is 0.253 e. The Balaban J connectivity index is 1.64. The minimum absolute atomic E-state index is 0.285. The summed E-state index contributed by atoms with van der Waals surface area (Å²) < 4.78 is 0. The summed E-state index contributed by atoms with van der Waals surface area (Å²) in [7, 11) is 0. The Bertz CT molecular complexity index is 811. The van der Waals surface area contributed by atoms with Crippen LogP contribution in [0.15, 0.2) is 24.3 Å². The molecule has 0 bridgehead atoms. The molecule has 4 atom stereocenters. The Hall–Kier alpha value is -1.96. The first-order chi connectivity index (χ1) is 16.3. The number of hydrogen-bond acceptors (Lipinski definition) is 5. The number of aliphatic hydroxyl groups excluding tert-OH is 2. The van der Waals surface area contributed by atoms with Crippen molar-refractivity contribution in [3.63, 3.8) is 0 Å². The van der Waals surface area contributed by atoms with Gasteiger partial charge < -0.3 is 20.8 Å². The Morgan fingerprint density at radius 1 is 1.18 bits per heavy atom. The molecule has 7 heteroatoms. The van der Waals surface area contributed by atoms with Crippen LogP contribution >= 0.6 is 0 Å². The molecule has 1 aliphatic heterocycles. The molecule has 34 heavy (non-hydrogen) atoms. The molecule has 0 aromatic heterocycles. The molecule has 1 saturated carbocycles. The second-order valence-electron chi connectivity index (χ2n) is 10.4. The average Bonchev–Trinajstić information content (AvgIpc) is 3.20. The number of rotatable bonds is 11. The molecule has 7 nitrogen and oxygen atoms in total. The van der Waals surface area contributed by atoms with Crippen molar-refractivity contribution < 1.29 is 19.8 Å². The van der Waals surface area contributed by atoms with E-state index in [0.29, 0.717) is 36.7 Å². The van der Waals surface area contributed by atoms with Gasteiger partial charge in [0.25, 0.3) is 5.91 Å². The lowest BCUT2D eigenvalue weighted by Gasteiger charge is -2.35. The molecule has 2 aliphatic rings. The van der Waals surface area contributed by atoms with Crippen LogP contribution in [0.25, 0.3) is 0 Å². The van der Waals surface area contributed by atoms with Gasteiger partial charge in [-0.2, -0.15) is 0 Å². The fraction of sp³-hybridized carbons (Fsp3) is 0.704. The average molecular weight is 474 g/mol. The number of carbonyl (C=O) groups is 2. The SMILES string of the molecule is CC(CC1CCC(C)N1CCN(CC1CCCCC1)C(=O)[C@@H](O)CO)c1cccc(C(N)=O)c1. The standard InChI is InChI=1S/C27H43N3O4/c1-19(22-9-6-10-23(16-22)26(28)33)15-24-12-11-20(2)30(24)14-13-29(27(34)25(32)18-31)17-21-7-4-3-5-8-21/h6,9-10,16,19-21,24-25,31-32H,3-5,7-8,11-15,17-18H2,1-2H3,(H2,28,33)/t19?,20?,24?,25-/m0/s1. The van der Waals surface area contributed by atoms with Crippen molar-refractivity contribution in [2.45, 2.75) is 89.3 Å². The van der Waals surface area contributed by atoms with Crippen LogP contribution in [0.5, 0.6) is 0 Å². The second-order valence-corrected chi connectivity index (χ2v) is 10.4. The van der Waals surface area contributed by atoms with Crippen molar-refractivity contribution in [2.75, 3.05) is 26.2 Å². The quantitative estimate of drug-likeness (QED) is 0.458. The zero-order valence-electron chi connectivity index (χ0n) is 20.9. The van der Waals surface area contributed by atoms with E-state index in [1.165, 1.54) is 19.3 Å². The summed E-state index contributed by atoms with van der Waals surface area (Å²) in [5, 5.41) is 19.4. The smallest absolute Gasteiger partial charge is 0.253 e. The molecule has 0 spiro atoms. The van der Waals surface area contributed by atoms with Crippen molar-refractivity contribution in [3.05, 3.63) is 35.4 Å². The third-order valence-electron chi connectivity index (χ3n) is 7.92. The summed E-state index contributed by atoms with van der Waals surface area (Å²) in [6.45, 7) is 5.89. The topological polar surface area (TPSA) is 107 Å². The number of likely N-dealkylation sites (tertiary alicyclic amines) is 1. The lowest BCUT2D eigenvalue weighted by Crippen LogP contribution is -2.48. The number of carbonyl (C=O) groups excluding carboxylic acids is 2. The van der Waals surface area contributed by atoms with Gasteiger partial charge in [0.1, 0.15) is 0 Å². The minimum Gasteiger partial charge on any atom is -0.393 e. The Morgan fingerprint density at radius 3 is 2.59 bits per heavy atom. The predicted octanol–water partition coefficient (Wildman–Crippen LogP) is 2.89. The zero-order chi connectivity index (χ0) is 24.7. The van der Waals surface area contributed by atoms with Crippen molar-refractivity contribution >= 4 is 11.8 Å². The van der Waals surface area contributed by atoms with Gasteiger partial charge in [-0.05, 0) is 68.6 Å². The highest BCUT2D eigenvalue weighted by Crippen LogP contribution is 2.32. The highest BCUT2D eigenvalue weighted by molar-refractivity contribution is 5.92. The van der Waals surface area contributed by atoms with E-state index in [1.807, 2.05) is 12.1 Å². The van der Waals surface area contributed by atoms with Gasteiger partial charge >= 0.3 is 0 Å². The third-order valence-corrected chi connectivity index (χ3v) is 7.92. The molecular formula is C27H43N3O4. The molecule has 1 aromatic carbocycles. The number of benzene rings is 1. The van der Waals surface area contributed by atoms with E-state index in [4.69, 9.17) is 5.73 Å². The molecule has 2 fully saturated rings. The molecule has 1 heterocycles. The van der Waals surface area contributed by atoms with Crippen LogP contribution in [0.4, 0.5) is 0 Å². The van der Waals surface area contributed by atoms with Crippen molar-refractivity contribution in [1.82, 2.24) is 9.80 Å². The van der Waals surface area contributed by atoms with Gasteiger partial charge in [0, 0.05) is 37.3 Å². The molecule has 2 amide bonds. The van der Waals surface area contributed by atoms with Crippen LogP contribution in [0.1, 0.15) is 87.1 Å². The summed E-state index contributed by atoms with van der Waals surface area (Å²) in [5.41, 5.74) is 7.13. The van der Waals surface area contributed by atoms with Gasteiger partial charge in [0.05, 0.1) is 6.61 Å². The minimum atomic E-state index is -1.34. The van der Waals surface area contributed by atoms with Crippen molar-refractivity contribution in [3.8, 4) is 0 Å². The lowest BCUT2D eigenvalue weighted by molar-refractivity contribution is -0.143. The van der Waals surface area contributed by atoms with Crippen LogP contribution in [0.2, 0.25) is 0 Å². The van der Waals surface area contributed by atoms with Gasteiger partial charge in [-0.15, -0.1) is 0 Å². The number of aliphatic hydroxyl groups is 2. The van der Waals surface area contributed by atoms with Crippen molar-refractivity contribution in [2.24, 2.45) is 11.7 Å². The molecule has 1 aliphatic carbocycles. The van der Waals surface area contributed by atoms with E-state index < -0.39 is 18.6 Å². The molecule has 190 valence electrons. The second kappa shape index (κ2) is 12.7. The normalized spacial score (nSPS) is 23.5. The first-order valence-electron chi connectivity index (χ1n) is 13.0. The maximum absolute atomic E-state index is 12.8. The van der Waals surface area contributed by atoms with E-state index in [0.717, 1.165) is 44.2 Å². The fourth-order valence-electron chi connectivity index (χ4n) is 5.82. The van der Waals surface area contributed by atoms with Gasteiger partial charge in [0.15, 0.2) is 6.10 Å². The van der Waals surface area contributed by atoms with Crippen LogP contribution < -0.4 is 5.73 Å². The number of primary amides is 1. The Morgan fingerprint density at radius 2 is 1.91 bits per heavy atom. The fourth-order valence-corrected chi connectivity index (χ4v) is 5.82. The Kier molecular flexibility index (Phi) is 9.92. The lowest BCUT2D eigenvalue weighted by atomic mass is 9.89. The number of hydrogen-bond donors (Lipinski definition) is 3. The van der Waals surface area contributed by atoms with E-state index in [9.17, 15) is 19.8 Å². The number of nitrogens with zero attached hydrogens (tertiary/aromatic N) is 2. The van der Waals surface area contributed by atoms with E-state index in [-0.39, 0.29) is 11.8 Å². The summed E-state index contributed by atoms with van der Waals surface area (Å²) in [4.78, 5) is 28.7. The summed E-state index contributed by atoms with van der Waals surface area (Å²) in [6.07, 6.45) is 7.79. The van der Waals surface area contributed by atoms with E-state index in [1.54, 1.807) is 11.0 Å². The predicted molar refractivity (Wildman–Crippen MR) is 133 cm³/mol. The third kappa shape index (κ3) is 7.03. The summed E-state index contributed by atoms with van der Waals surface area (Å²) >= 11 is 0. The van der Waals surface area contributed by atoms with Crippen LogP contribution in [-0.2, 0) is 4.79 Å². The van der Waals surface area contributed by atoms with Crippen molar-refractivity contribution in [1.29, 1.82) is 0 Å². The number of nitrogens with two attached hydrogens (primary N) is 1. The zero-order valence-corrected chi connectivity index (χ0v) is 20.9. The Labute approximate surface area is 204 Å². The monoisotopic (exact) mass is 473 g/mol. The maximum atomic E-state index is 12.8. The molecular weight excluding hydrogens is 430 g/mol. The highest BCUT2D eigenvalue weighted by Gasteiger charge is 2.33. The summed E-state index contributed by atoms with van der Waals surface area (Å²) in [5.74, 6) is 0.00675. The van der Waals surface area contributed by atoms with Gasteiger partial charge in [-0.1, -0.05) is 38.3 Å².